The summed E-state index contributed by atoms with van der Waals surface area (Å²) in [6, 6.07) is 22.7. The molecule has 0 amide bonds. The third-order valence-corrected chi connectivity index (χ3v) is 5.57. The van der Waals surface area contributed by atoms with Crippen LogP contribution in [0.3, 0.4) is 0 Å². The van der Waals surface area contributed by atoms with Crippen LogP contribution in [-0.2, 0) is 13.0 Å². The molecule has 4 nitrogen and oxygen atoms in total. The molecule has 0 saturated carbocycles. The molecule has 1 atom stereocenters. The first-order valence-electron chi connectivity index (χ1n) is 9.82. The lowest BCUT2D eigenvalue weighted by atomic mass is 9.88. The highest BCUT2D eigenvalue weighted by molar-refractivity contribution is 5.32. The molecule has 1 saturated heterocycles. The van der Waals surface area contributed by atoms with Gasteiger partial charge >= 0.3 is 0 Å². The van der Waals surface area contributed by atoms with Gasteiger partial charge in [-0.25, -0.2) is 4.68 Å². The summed E-state index contributed by atoms with van der Waals surface area (Å²) in [5.74, 6) is 0.389. The zero-order valence-electron chi connectivity index (χ0n) is 15.6. The Kier molecular flexibility index (Phi) is 5.66. The molecule has 27 heavy (non-hydrogen) atoms. The minimum atomic E-state index is -0.246. The van der Waals surface area contributed by atoms with Crippen LogP contribution in [0, 0.1) is 5.92 Å². The van der Waals surface area contributed by atoms with Crippen LogP contribution in [-0.4, -0.2) is 39.0 Å². The number of hydrogen-bond acceptors (Lipinski definition) is 3. The average Bonchev–Trinajstić information content (AvgIpc) is 3.18. The van der Waals surface area contributed by atoms with Gasteiger partial charge in [0, 0.05) is 12.7 Å². The molecular weight excluding hydrogens is 334 g/mol. The largest absolute Gasteiger partial charge is 0.392 e. The maximum Gasteiger partial charge on any atom is 0.0649 e. The van der Waals surface area contributed by atoms with Gasteiger partial charge in [0.2, 0.25) is 0 Å². The number of aliphatic hydroxyl groups is 1. The topological polar surface area (TPSA) is 41.3 Å². The zero-order valence-corrected chi connectivity index (χ0v) is 15.6. The Bertz CT molecular complexity index is 823. The molecule has 140 valence electrons. The quantitative estimate of drug-likeness (QED) is 0.728. The number of nitrogens with zero attached hydrogens (tertiary/aromatic N) is 3. The second-order valence-electron chi connectivity index (χ2n) is 7.44. The highest BCUT2D eigenvalue weighted by Gasteiger charge is 2.25. The summed E-state index contributed by atoms with van der Waals surface area (Å²) in [6.45, 7) is 2.95. The number of piperidine rings is 1. The molecule has 0 radical (unpaired) electrons. The van der Waals surface area contributed by atoms with Crippen molar-refractivity contribution < 1.29 is 5.11 Å². The van der Waals surface area contributed by atoms with Crippen molar-refractivity contribution in [2.24, 2.45) is 5.92 Å². The standard InChI is InChI=1S/C23H27N3O/c27-23(17-19-7-3-1-4-8-19)20-12-15-25(16-13-20)18-22-11-14-24-26(22)21-9-5-2-6-10-21/h1-11,14,20,23,27H,12-13,15-18H2/t23-/m0/s1. The van der Waals surface area contributed by atoms with Crippen molar-refractivity contribution in [3.63, 3.8) is 0 Å². The molecule has 0 aliphatic carbocycles. The lowest BCUT2D eigenvalue weighted by Crippen LogP contribution is -2.38. The molecule has 1 aliphatic heterocycles. The van der Waals surface area contributed by atoms with Crippen molar-refractivity contribution in [2.75, 3.05) is 13.1 Å². The molecule has 0 bridgehead atoms. The number of rotatable bonds is 6. The first-order valence-corrected chi connectivity index (χ1v) is 9.82. The number of aliphatic hydroxyl groups excluding tert-OH is 1. The predicted octanol–water partition coefficient (Wildman–Crippen LogP) is 3.69. The van der Waals surface area contributed by atoms with Crippen LogP contribution in [0.4, 0.5) is 0 Å². The van der Waals surface area contributed by atoms with E-state index in [0.717, 1.165) is 44.6 Å². The average molecular weight is 361 g/mol. The van der Waals surface area contributed by atoms with Crippen LogP contribution >= 0.6 is 0 Å². The maximum absolute atomic E-state index is 10.6. The Morgan fingerprint density at radius 2 is 1.59 bits per heavy atom. The summed E-state index contributed by atoms with van der Waals surface area (Å²) >= 11 is 0. The third-order valence-electron chi connectivity index (χ3n) is 5.57. The molecule has 1 aliphatic rings. The number of para-hydroxylation sites is 1. The molecule has 4 rings (SSSR count). The van der Waals surface area contributed by atoms with Gasteiger partial charge in [0.15, 0.2) is 0 Å². The molecule has 2 aromatic carbocycles. The van der Waals surface area contributed by atoms with E-state index in [1.807, 2.05) is 47.3 Å². The van der Waals surface area contributed by atoms with Crippen molar-refractivity contribution in [2.45, 2.75) is 31.9 Å². The Morgan fingerprint density at radius 1 is 0.926 bits per heavy atom. The molecule has 1 fully saturated rings. The van der Waals surface area contributed by atoms with Gasteiger partial charge < -0.3 is 5.11 Å². The van der Waals surface area contributed by atoms with E-state index < -0.39 is 0 Å². The zero-order chi connectivity index (χ0) is 18.5. The fourth-order valence-corrected chi connectivity index (χ4v) is 4.00. The smallest absolute Gasteiger partial charge is 0.0649 e. The van der Waals surface area contributed by atoms with E-state index in [4.69, 9.17) is 0 Å². The van der Waals surface area contributed by atoms with E-state index in [0.29, 0.717) is 5.92 Å². The van der Waals surface area contributed by atoms with E-state index >= 15 is 0 Å². The highest BCUT2D eigenvalue weighted by atomic mass is 16.3. The van der Waals surface area contributed by atoms with Crippen LogP contribution < -0.4 is 0 Å². The summed E-state index contributed by atoms with van der Waals surface area (Å²) < 4.78 is 2.02. The van der Waals surface area contributed by atoms with Crippen molar-refractivity contribution in [3.8, 4) is 5.69 Å². The van der Waals surface area contributed by atoms with Gasteiger partial charge in [0.1, 0.15) is 0 Å². The Morgan fingerprint density at radius 3 is 2.30 bits per heavy atom. The van der Waals surface area contributed by atoms with Crippen LogP contribution in [0.2, 0.25) is 0 Å². The van der Waals surface area contributed by atoms with Gasteiger partial charge in [0.25, 0.3) is 0 Å². The number of hydrogen-bond donors (Lipinski definition) is 1. The molecular formula is C23H27N3O. The normalized spacial score (nSPS) is 17.1. The van der Waals surface area contributed by atoms with Crippen molar-refractivity contribution in [3.05, 3.63) is 84.2 Å². The number of aromatic nitrogens is 2. The number of benzene rings is 2. The van der Waals surface area contributed by atoms with E-state index in [1.54, 1.807) is 0 Å². The van der Waals surface area contributed by atoms with Gasteiger partial charge in [-0.1, -0.05) is 48.5 Å². The van der Waals surface area contributed by atoms with Crippen LogP contribution in [0.15, 0.2) is 72.9 Å². The van der Waals surface area contributed by atoms with Crippen LogP contribution in [0.1, 0.15) is 24.1 Å². The van der Waals surface area contributed by atoms with Crippen molar-refractivity contribution in [1.82, 2.24) is 14.7 Å². The van der Waals surface area contributed by atoms with Gasteiger partial charge in [0.05, 0.1) is 17.5 Å². The second kappa shape index (κ2) is 8.51. The van der Waals surface area contributed by atoms with Crippen molar-refractivity contribution >= 4 is 0 Å². The van der Waals surface area contributed by atoms with Crippen molar-refractivity contribution in [1.29, 1.82) is 0 Å². The lowest BCUT2D eigenvalue weighted by Gasteiger charge is -2.34. The minimum Gasteiger partial charge on any atom is -0.392 e. The third kappa shape index (κ3) is 4.46. The molecule has 0 spiro atoms. The highest BCUT2D eigenvalue weighted by Crippen LogP contribution is 2.24. The summed E-state index contributed by atoms with van der Waals surface area (Å²) in [7, 11) is 0. The predicted molar refractivity (Wildman–Crippen MR) is 108 cm³/mol. The van der Waals surface area contributed by atoms with E-state index in [1.165, 1.54) is 11.3 Å². The molecule has 4 heteroatoms. The van der Waals surface area contributed by atoms with E-state index in [9.17, 15) is 5.11 Å². The molecule has 1 N–H and O–H groups in total. The fraction of sp³-hybridized carbons (Fsp3) is 0.348. The van der Waals surface area contributed by atoms with E-state index in [-0.39, 0.29) is 6.10 Å². The minimum absolute atomic E-state index is 0.246. The Hall–Kier alpha value is -2.43. The summed E-state index contributed by atoms with van der Waals surface area (Å²) in [5.41, 5.74) is 3.54. The summed E-state index contributed by atoms with van der Waals surface area (Å²) in [6.07, 6.45) is 4.48. The second-order valence-corrected chi connectivity index (χ2v) is 7.44. The fourth-order valence-electron chi connectivity index (χ4n) is 4.00. The Labute approximate surface area is 161 Å². The van der Waals surface area contributed by atoms with E-state index in [2.05, 4.69) is 40.3 Å². The van der Waals surface area contributed by atoms with Gasteiger partial charge in [-0.3, -0.25) is 4.90 Å². The lowest BCUT2D eigenvalue weighted by molar-refractivity contribution is 0.0571. The van der Waals surface area contributed by atoms with Gasteiger partial charge in [-0.2, -0.15) is 5.10 Å². The first kappa shape index (κ1) is 18.0. The molecule has 2 heterocycles. The molecule has 1 aromatic heterocycles. The summed E-state index contributed by atoms with van der Waals surface area (Å²) in [4.78, 5) is 2.47. The van der Waals surface area contributed by atoms with Crippen LogP contribution in [0.5, 0.6) is 0 Å². The maximum atomic E-state index is 10.6. The number of likely N-dealkylation sites (tertiary alicyclic amines) is 1. The van der Waals surface area contributed by atoms with Gasteiger partial charge in [-0.05, 0) is 62.0 Å². The van der Waals surface area contributed by atoms with Gasteiger partial charge in [-0.15, -0.1) is 0 Å². The SMILES string of the molecule is O[C@@H](Cc1ccccc1)C1CCN(Cc2ccnn2-c2ccccc2)CC1. The monoisotopic (exact) mass is 361 g/mol. The first-order chi connectivity index (χ1) is 13.3. The van der Waals surface area contributed by atoms with Crippen LogP contribution in [0.25, 0.3) is 5.69 Å². The molecule has 3 aromatic rings. The molecule has 0 unspecified atom stereocenters. The summed E-state index contributed by atoms with van der Waals surface area (Å²) in [5, 5.41) is 15.1. The Balaban J connectivity index is 1.32.